The minimum Gasteiger partial charge on any atom is -0.339 e. The van der Waals surface area contributed by atoms with Gasteiger partial charge in [0.1, 0.15) is 17.7 Å². The maximum absolute atomic E-state index is 4.30. The van der Waals surface area contributed by atoms with Gasteiger partial charge in [0, 0.05) is 13.0 Å². The van der Waals surface area contributed by atoms with Crippen molar-refractivity contribution in [3.05, 3.63) is 18.3 Å². The van der Waals surface area contributed by atoms with Crippen molar-refractivity contribution < 1.29 is 0 Å². The highest BCUT2D eigenvalue weighted by molar-refractivity contribution is 5.68. The number of hydrogen-bond acceptors (Lipinski definition) is 4. The average Bonchev–Trinajstić information content (AvgIpc) is 2.57. The Labute approximate surface area is 75.6 Å². The van der Waals surface area contributed by atoms with Gasteiger partial charge in [0.05, 0.1) is 6.20 Å². The molecule has 0 aliphatic carbocycles. The minimum absolute atomic E-state index is 0.737. The standard InChI is InChI=1S/C8H11N5/c1-9-3-2-7-12-6-4-10-5-11-8(6)13-7/h4-5,9H,2-3H2,1H3,(H,10,11,12,13). The topological polar surface area (TPSA) is 66.5 Å². The van der Waals surface area contributed by atoms with Crippen LogP contribution in [0.1, 0.15) is 5.82 Å². The fourth-order valence-electron chi connectivity index (χ4n) is 1.17. The lowest BCUT2D eigenvalue weighted by Crippen LogP contribution is -2.10. The summed E-state index contributed by atoms with van der Waals surface area (Å²) in [6.07, 6.45) is 4.12. The molecular formula is C8H11N5. The van der Waals surface area contributed by atoms with Crippen LogP contribution in [0, 0.1) is 0 Å². The normalized spacial score (nSPS) is 10.8. The molecule has 2 aromatic rings. The molecule has 5 heteroatoms. The Morgan fingerprint density at radius 2 is 2.46 bits per heavy atom. The molecule has 0 bridgehead atoms. The van der Waals surface area contributed by atoms with E-state index in [1.54, 1.807) is 6.20 Å². The van der Waals surface area contributed by atoms with Gasteiger partial charge in [-0.3, -0.25) is 0 Å². The summed E-state index contributed by atoms with van der Waals surface area (Å²) in [5, 5.41) is 3.06. The second-order valence-corrected chi connectivity index (χ2v) is 2.80. The van der Waals surface area contributed by atoms with Crippen molar-refractivity contribution in [2.24, 2.45) is 0 Å². The van der Waals surface area contributed by atoms with E-state index < -0.39 is 0 Å². The van der Waals surface area contributed by atoms with Crippen LogP contribution < -0.4 is 5.32 Å². The van der Waals surface area contributed by atoms with Gasteiger partial charge in [-0.1, -0.05) is 0 Å². The number of rotatable bonds is 3. The van der Waals surface area contributed by atoms with E-state index in [0.717, 1.165) is 30.0 Å². The quantitative estimate of drug-likeness (QED) is 0.698. The number of nitrogens with one attached hydrogen (secondary N) is 2. The molecule has 68 valence electrons. The molecule has 2 rings (SSSR count). The van der Waals surface area contributed by atoms with Crippen LogP contribution in [-0.2, 0) is 6.42 Å². The lowest BCUT2D eigenvalue weighted by Gasteiger charge is -1.92. The lowest BCUT2D eigenvalue weighted by molar-refractivity contribution is 0.766. The number of nitrogens with zero attached hydrogens (tertiary/aromatic N) is 3. The van der Waals surface area contributed by atoms with Gasteiger partial charge in [-0.2, -0.15) is 0 Å². The summed E-state index contributed by atoms with van der Waals surface area (Å²) in [5.74, 6) is 0.949. The van der Waals surface area contributed by atoms with Gasteiger partial charge in [0.2, 0.25) is 0 Å². The molecule has 0 spiro atoms. The van der Waals surface area contributed by atoms with Gasteiger partial charge in [0.25, 0.3) is 0 Å². The third kappa shape index (κ3) is 1.65. The van der Waals surface area contributed by atoms with E-state index in [-0.39, 0.29) is 0 Å². The van der Waals surface area contributed by atoms with Crippen LogP contribution in [0.25, 0.3) is 11.2 Å². The van der Waals surface area contributed by atoms with Crippen LogP contribution in [0.15, 0.2) is 12.5 Å². The molecule has 0 aliphatic heterocycles. The molecule has 2 heterocycles. The molecule has 0 fully saturated rings. The van der Waals surface area contributed by atoms with E-state index in [0.29, 0.717) is 0 Å². The first-order valence-electron chi connectivity index (χ1n) is 4.19. The van der Waals surface area contributed by atoms with Crippen molar-refractivity contribution in [1.29, 1.82) is 0 Å². The first-order valence-corrected chi connectivity index (χ1v) is 4.19. The van der Waals surface area contributed by atoms with Crippen LogP contribution in [0.3, 0.4) is 0 Å². The van der Waals surface area contributed by atoms with E-state index in [9.17, 15) is 0 Å². The van der Waals surface area contributed by atoms with Gasteiger partial charge in [-0.15, -0.1) is 0 Å². The summed E-state index contributed by atoms with van der Waals surface area (Å²) in [7, 11) is 1.92. The zero-order valence-corrected chi connectivity index (χ0v) is 7.41. The van der Waals surface area contributed by atoms with E-state index in [4.69, 9.17) is 0 Å². The SMILES string of the molecule is CNCCc1nc2ncncc2[nH]1. The van der Waals surface area contributed by atoms with Crippen molar-refractivity contribution in [3.8, 4) is 0 Å². The summed E-state index contributed by atoms with van der Waals surface area (Å²) in [6.45, 7) is 0.910. The monoisotopic (exact) mass is 177 g/mol. The number of aromatic nitrogens is 4. The van der Waals surface area contributed by atoms with E-state index in [1.165, 1.54) is 6.33 Å². The number of likely N-dealkylation sites (N-methyl/N-ethyl adjacent to an activating group) is 1. The lowest BCUT2D eigenvalue weighted by atomic mass is 10.4. The Morgan fingerprint density at radius 1 is 1.54 bits per heavy atom. The third-order valence-electron chi connectivity index (χ3n) is 1.82. The number of H-pyrrole nitrogens is 1. The van der Waals surface area contributed by atoms with E-state index in [2.05, 4.69) is 25.3 Å². The number of fused-ring (bicyclic) bond motifs is 1. The van der Waals surface area contributed by atoms with Crippen molar-refractivity contribution >= 4 is 11.2 Å². The number of aromatic amines is 1. The Bertz CT molecular complexity index is 361. The first-order chi connectivity index (χ1) is 6.40. The first kappa shape index (κ1) is 8.12. The minimum atomic E-state index is 0.737. The zero-order chi connectivity index (χ0) is 9.10. The fraction of sp³-hybridized carbons (Fsp3) is 0.375. The maximum atomic E-state index is 4.30. The largest absolute Gasteiger partial charge is 0.339 e. The Balaban J connectivity index is 2.28. The molecular weight excluding hydrogens is 166 g/mol. The summed E-state index contributed by atoms with van der Waals surface area (Å²) >= 11 is 0. The third-order valence-corrected chi connectivity index (χ3v) is 1.82. The smallest absolute Gasteiger partial charge is 0.180 e. The van der Waals surface area contributed by atoms with Crippen LogP contribution in [0.5, 0.6) is 0 Å². The van der Waals surface area contributed by atoms with Crippen molar-refractivity contribution in [2.45, 2.75) is 6.42 Å². The predicted octanol–water partition coefficient (Wildman–Crippen LogP) is 0.115. The van der Waals surface area contributed by atoms with Gasteiger partial charge >= 0.3 is 0 Å². The Hall–Kier alpha value is -1.49. The van der Waals surface area contributed by atoms with Crippen molar-refractivity contribution in [2.75, 3.05) is 13.6 Å². The fourth-order valence-corrected chi connectivity index (χ4v) is 1.17. The molecule has 0 unspecified atom stereocenters. The second kappa shape index (κ2) is 3.49. The molecule has 0 amide bonds. The predicted molar refractivity (Wildman–Crippen MR) is 49.3 cm³/mol. The highest BCUT2D eigenvalue weighted by Gasteiger charge is 2.01. The number of imidazole rings is 1. The Morgan fingerprint density at radius 3 is 3.23 bits per heavy atom. The zero-order valence-electron chi connectivity index (χ0n) is 7.41. The molecule has 0 aromatic carbocycles. The summed E-state index contributed by atoms with van der Waals surface area (Å²) in [5.41, 5.74) is 1.63. The van der Waals surface area contributed by atoms with Crippen LogP contribution >= 0.6 is 0 Å². The molecule has 0 atom stereocenters. The Kier molecular flexibility index (Phi) is 2.18. The number of hydrogen-bond donors (Lipinski definition) is 2. The molecule has 2 aromatic heterocycles. The highest BCUT2D eigenvalue weighted by atomic mass is 15.0. The van der Waals surface area contributed by atoms with Crippen LogP contribution in [-0.4, -0.2) is 33.5 Å². The van der Waals surface area contributed by atoms with Gasteiger partial charge in [-0.25, -0.2) is 15.0 Å². The summed E-state index contributed by atoms with van der Waals surface area (Å²) in [6, 6.07) is 0. The molecule has 0 aliphatic rings. The summed E-state index contributed by atoms with van der Waals surface area (Å²) in [4.78, 5) is 15.4. The maximum Gasteiger partial charge on any atom is 0.180 e. The highest BCUT2D eigenvalue weighted by Crippen LogP contribution is 2.05. The molecule has 13 heavy (non-hydrogen) atoms. The molecule has 5 nitrogen and oxygen atoms in total. The van der Waals surface area contributed by atoms with Crippen LogP contribution in [0.4, 0.5) is 0 Å². The van der Waals surface area contributed by atoms with Crippen LogP contribution in [0.2, 0.25) is 0 Å². The average molecular weight is 177 g/mol. The van der Waals surface area contributed by atoms with E-state index in [1.807, 2.05) is 7.05 Å². The molecule has 0 radical (unpaired) electrons. The van der Waals surface area contributed by atoms with Crippen molar-refractivity contribution in [1.82, 2.24) is 25.3 Å². The van der Waals surface area contributed by atoms with E-state index >= 15 is 0 Å². The molecule has 2 N–H and O–H groups in total. The second-order valence-electron chi connectivity index (χ2n) is 2.80. The van der Waals surface area contributed by atoms with Gasteiger partial charge < -0.3 is 10.3 Å². The summed E-state index contributed by atoms with van der Waals surface area (Å²) < 4.78 is 0. The molecule has 0 saturated heterocycles. The van der Waals surface area contributed by atoms with Gasteiger partial charge in [0.15, 0.2) is 5.65 Å². The molecule has 0 saturated carbocycles. The van der Waals surface area contributed by atoms with Gasteiger partial charge in [-0.05, 0) is 7.05 Å². The van der Waals surface area contributed by atoms with Crippen molar-refractivity contribution in [3.63, 3.8) is 0 Å².